The molecule has 1 atom stereocenters. The standard InChI is InChI=1S/C15H16ClF3N2O2/c1-8(13(20)22)21(7-9-2-3-9)14(23)10-4-11(15(17,18)19)6-12(16)5-10/h4-6,8-9H,2-3,7H2,1H3,(H2,20,22). The lowest BCUT2D eigenvalue weighted by Crippen LogP contribution is -2.47. The zero-order chi connectivity index (χ0) is 17.4. The highest BCUT2D eigenvalue weighted by atomic mass is 35.5. The Bertz CT molecular complexity index is 630. The first-order chi connectivity index (χ1) is 10.6. The largest absolute Gasteiger partial charge is 0.416 e. The van der Waals surface area contributed by atoms with Crippen LogP contribution >= 0.6 is 11.6 Å². The van der Waals surface area contributed by atoms with E-state index in [4.69, 9.17) is 17.3 Å². The number of nitrogens with zero attached hydrogens (tertiary/aromatic N) is 1. The van der Waals surface area contributed by atoms with Gasteiger partial charge in [-0.3, -0.25) is 9.59 Å². The topological polar surface area (TPSA) is 63.4 Å². The van der Waals surface area contributed by atoms with E-state index in [9.17, 15) is 22.8 Å². The molecule has 0 aliphatic heterocycles. The predicted octanol–water partition coefficient (Wildman–Crippen LogP) is 3.08. The van der Waals surface area contributed by atoms with E-state index in [0.29, 0.717) is 0 Å². The average molecular weight is 349 g/mol. The van der Waals surface area contributed by atoms with E-state index in [2.05, 4.69) is 0 Å². The van der Waals surface area contributed by atoms with Crippen molar-refractivity contribution in [2.45, 2.75) is 32.0 Å². The van der Waals surface area contributed by atoms with Gasteiger partial charge in [-0.1, -0.05) is 11.6 Å². The van der Waals surface area contributed by atoms with Crippen molar-refractivity contribution in [1.82, 2.24) is 4.90 Å². The highest BCUT2D eigenvalue weighted by molar-refractivity contribution is 6.31. The third-order valence-corrected chi connectivity index (χ3v) is 3.98. The third kappa shape index (κ3) is 4.37. The van der Waals surface area contributed by atoms with Gasteiger partial charge < -0.3 is 10.6 Å². The van der Waals surface area contributed by atoms with Gasteiger partial charge in [-0.05, 0) is 43.9 Å². The van der Waals surface area contributed by atoms with Crippen LogP contribution in [0.5, 0.6) is 0 Å². The molecule has 126 valence electrons. The number of carbonyl (C=O) groups excluding carboxylic acids is 2. The van der Waals surface area contributed by atoms with Gasteiger partial charge in [0.15, 0.2) is 0 Å². The van der Waals surface area contributed by atoms with Gasteiger partial charge in [0.05, 0.1) is 5.56 Å². The second-order valence-corrected chi connectivity index (χ2v) is 6.14. The molecule has 1 unspecified atom stereocenters. The van der Waals surface area contributed by atoms with Crippen molar-refractivity contribution < 1.29 is 22.8 Å². The number of carbonyl (C=O) groups is 2. The van der Waals surface area contributed by atoms with Crippen LogP contribution in [0.3, 0.4) is 0 Å². The molecule has 23 heavy (non-hydrogen) atoms. The molecular formula is C15H16ClF3N2O2. The van der Waals surface area contributed by atoms with Crippen molar-refractivity contribution in [2.24, 2.45) is 11.7 Å². The summed E-state index contributed by atoms with van der Waals surface area (Å²) in [5.41, 5.74) is 4.02. The summed E-state index contributed by atoms with van der Waals surface area (Å²) >= 11 is 5.70. The summed E-state index contributed by atoms with van der Waals surface area (Å²) in [5.74, 6) is -1.14. The second-order valence-electron chi connectivity index (χ2n) is 5.71. The van der Waals surface area contributed by atoms with Gasteiger partial charge in [0, 0.05) is 17.1 Å². The van der Waals surface area contributed by atoms with Gasteiger partial charge in [0.2, 0.25) is 5.91 Å². The van der Waals surface area contributed by atoms with Crippen LogP contribution in [0.25, 0.3) is 0 Å². The van der Waals surface area contributed by atoms with Crippen molar-refractivity contribution in [2.75, 3.05) is 6.54 Å². The molecule has 1 aliphatic rings. The maximum absolute atomic E-state index is 12.9. The van der Waals surface area contributed by atoms with Gasteiger partial charge in [-0.25, -0.2) is 0 Å². The molecule has 2 amide bonds. The maximum atomic E-state index is 12.9. The Morgan fingerprint density at radius 3 is 2.43 bits per heavy atom. The molecule has 0 heterocycles. The highest BCUT2D eigenvalue weighted by Crippen LogP contribution is 2.34. The number of amides is 2. The molecule has 0 aromatic heterocycles. The molecule has 1 aliphatic carbocycles. The number of alkyl halides is 3. The Balaban J connectivity index is 2.35. The van der Waals surface area contributed by atoms with Gasteiger partial charge in [-0.15, -0.1) is 0 Å². The molecule has 0 radical (unpaired) electrons. The van der Waals surface area contributed by atoms with Crippen LogP contribution in [-0.4, -0.2) is 29.3 Å². The van der Waals surface area contributed by atoms with Crippen LogP contribution in [-0.2, 0) is 11.0 Å². The Morgan fingerprint density at radius 1 is 1.35 bits per heavy atom. The number of hydrogen-bond acceptors (Lipinski definition) is 2. The van der Waals surface area contributed by atoms with Crippen LogP contribution in [0.15, 0.2) is 18.2 Å². The zero-order valence-electron chi connectivity index (χ0n) is 12.4. The molecule has 2 rings (SSSR count). The number of primary amides is 1. The molecule has 1 aromatic rings. The quantitative estimate of drug-likeness (QED) is 0.888. The molecule has 1 aromatic carbocycles. The van der Waals surface area contributed by atoms with E-state index in [1.165, 1.54) is 11.8 Å². The fourth-order valence-electron chi connectivity index (χ4n) is 2.19. The van der Waals surface area contributed by atoms with Gasteiger partial charge in [0.25, 0.3) is 5.91 Å². The smallest absolute Gasteiger partial charge is 0.368 e. The van der Waals surface area contributed by atoms with Crippen molar-refractivity contribution in [1.29, 1.82) is 0 Å². The average Bonchev–Trinajstić information content (AvgIpc) is 3.25. The summed E-state index contributed by atoms with van der Waals surface area (Å²) < 4.78 is 38.6. The number of halogens is 4. The summed E-state index contributed by atoms with van der Waals surface area (Å²) in [6, 6.07) is 1.74. The first-order valence-corrected chi connectivity index (χ1v) is 7.45. The van der Waals surface area contributed by atoms with E-state index >= 15 is 0 Å². The van der Waals surface area contributed by atoms with Gasteiger partial charge >= 0.3 is 6.18 Å². The van der Waals surface area contributed by atoms with E-state index in [0.717, 1.165) is 31.0 Å². The molecule has 0 spiro atoms. The lowest BCUT2D eigenvalue weighted by atomic mass is 10.1. The monoisotopic (exact) mass is 348 g/mol. The summed E-state index contributed by atoms with van der Waals surface area (Å²) in [6.45, 7) is 1.74. The maximum Gasteiger partial charge on any atom is 0.416 e. The fourth-order valence-corrected chi connectivity index (χ4v) is 2.43. The normalized spacial score (nSPS) is 16.0. The van der Waals surface area contributed by atoms with Crippen LogP contribution in [0.2, 0.25) is 5.02 Å². The number of nitrogens with two attached hydrogens (primary N) is 1. The van der Waals surface area contributed by atoms with Crippen LogP contribution < -0.4 is 5.73 Å². The van der Waals surface area contributed by atoms with E-state index < -0.39 is 29.6 Å². The van der Waals surface area contributed by atoms with Crippen molar-refractivity contribution in [3.8, 4) is 0 Å². The first kappa shape index (κ1) is 17.6. The molecular weight excluding hydrogens is 333 g/mol. The van der Waals surface area contributed by atoms with Gasteiger partial charge in [-0.2, -0.15) is 13.2 Å². The lowest BCUT2D eigenvalue weighted by Gasteiger charge is -2.27. The molecule has 1 fully saturated rings. The fraction of sp³-hybridized carbons (Fsp3) is 0.467. The Kier molecular flexibility index (Phi) is 4.89. The summed E-state index contributed by atoms with van der Waals surface area (Å²) in [6.07, 6.45) is -2.78. The summed E-state index contributed by atoms with van der Waals surface area (Å²) in [4.78, 5) is 25.2. The van der Waals surface area contributed by atoms with Crippen molar-refractivity contribution in [3.05, 3.63) is 34.3 Å². The lowest BCUT2D eigenvalue weighted by molar-refractivity contribution is -0.137. The molecule has 4 nitrogen and oxygen atoms in total. The summed E-state index contributed by atoms with van der Waals surface area (Å²) in [5, 5.41) is -0.193. The molecule has 1 saturated carbocycles. The van der Waals surface area contributed by atoms with E-state index in [1.807, 2.05) is 0 Å². The minimum Gasteiger partial charge on any atom is -0.368 e. The minimum absolute atomic E-state index is 0.193. The van der Waals surface area contributed by atoms with Crippen LogP contribution in [0, 0.1) is 5.92 Å². The van der Waals surface area contributed by atoms with Crippen molar-refractivity contribution in [3.63, 3.8) is 0 Å². The van der Waals surface area contributed by atoms with Crippen molar-refractivity contribution >= 4 is 23.4 Å². The molecule has 2 N–H and O–H groups in total. The third-order valence-electron chi connectivity index (χ3n) is 3.76. The summed E-state index contributed by atoms with van der Waals surface area (Å²) in [7, 11) is 0. The van der Waals surface area contributed by atoms with E-state index in [1.54, 1.807) is 0 Å². The number of rotatable bonds is 5. The second kappa shape index (κ2) is 6.39. The van der Waals surface area contributed by atoms with Gasteiger partial charge in [0.1, 0.15) is 6.04 Å². The molecule has 0 saturated heterocycles. The minimum atomic E-state index is -4.61. The Morgan fingerprint density at radius 2 is 1.96 bits per heavy atom. The SMILES string of the molecule is CC(C(N)=O)N(CC1CC1)C(=O)c1cc(Cl)cc(C(F)(F)F)c1. The predicted molar refractivity (Wildman–Crippen MR) is 78.9 cm³/mol. The highest BCUT2D eigenvalue weighted by Gasteiger charge is 2.35. The zero-order valence-corrected chi connectivity index (χ0v) is 13.1. The van der Waals surface area contributed by atoms with Crippen LogP contribution in [0.1, 0.15) is 35.7 Å². The molecule has 8 heteroatoms. The Labute approximate surface area is 136 Å². The number of benzene rings is 1. The van der Waals surface area contributed by atoms with E-state index in [-0.39, 0.29) is 23.0 Å². The Hall–Kier alpha value is -1.76. The molecule has 0 bridgehead atoms. The number of hydrogen-bond donors (Lipinski definition) is 1. The first-order valence-electron chi connectivity index (χ1n) is 7.07. The van der Waals surface area contributed by atoms with Crippen LogP contribution in [0.4, 0.5) is 13.2 Å².